The van der Waals surface area contributed by atoms with Gasteiger partial charge in [-0.25, -0.2) is 0 Å². The SMILES string of the molecule is CCCC1(O)CCN2CCC1C2. The third kappa shape index (κ3) is 1.27. The summed E-state index contributed by atoms with van der Waals surface area (Å²) in [5.41, 5.74) is -0.304. The van der Waals surface area contributed by atoms with Crippen LogP contribution < -0.4 is 0 Å². The first-order valence-electron chi connectivity index (χ1n) is 5.19. The maximum absolute atomic E-state index is 10.3. The minimum atomic E-state index is -0.304. The molecule has 0 saturated carbocycles. The first kappa shape index (κ1) is 8.52. The van der Waals surface area contributed by atoms with Crippen LogP contribution in [-0.4, -0.2) is 35.2 Å². The Balaban J connectivity index is 2.05. The van der Waals surface area contributed by atoms with Crippen molar-refractivity contribution in [2.24, 2.45) is 5.92 Å². The van der Waals surface area contributed by atoms with Crippen molar-refractivity contribution in [2.45, 2.75) is 38.2 Å². The van der Waals surface area contributed by atoms with Crippen LogP contribution in [0, 0.1) is 5.92 Å². The molecule has 3 unspecified atom stereocenters. The van der Waals surface area contributed by atoms with E-state index in [1.165, 1.54) is 13.0 Å². The van der Waals surface area contributed by atoms with Crippen molar-refractivity contribution in [3.63, 3.8) is 0 Å². The fourth-order valence-corrected chi connectivity index (χ4v) is 2.79. The van der Waals surface area contributed by atoms with Crippen LogP contribution in [0.4, 0.5) is 0 Å². The van der Waals surface area contributed by atoms with E-state index in [0.717, 1.165) is 32.4 Å². The van der Waals surface area contributed by atoms with Gasteiger partial charge in [-0.15, -0.1) is 0 Å². The van der Waals surface area contributed by atoms with Gasteiger partial charge in [-0.3, -0.25) is 0 Å². The quantitative estimate of drug-likeness (QED) is 0.672. The molecule has 70 valence electrons. The summed E-state index contributed by atoms with van der Waals surface area (Å²) in [7, 11) is 0. The van der Waals surface area contributed by atoms with Gasteiger partial charge in [-0.1, -0.05) is 13.3 Å². The zero-order valence-electron chi connectivity index (χ0n) is 7.92. The van der Waals surface area contributed by atoms with Crippen molar-refractivity contribution >= 4 is 0 Å². The Morgan fingerprint density at radius 2 is 2.33 bits per heavy atom. The number of hydrogen-bond donors (Lipinski definition) is 1. The summed E-state index contributed by atoms with van der Waals surface area (Å²) in [5.74, 6) is 0.575. The lowest BCUT2D eigenvalue weighted by atomic mass is 9.79. The van der Waals surface area contributed by atoms with E-state index in [1.54, 1.807) is 0 Å². The van der Waals surface area contributed by atoms with Crippen LogP contribution in [0.1, 0.15) is 32.6 Å². The Hall–Kier alpha value is -0.0800. The third-order valence-electron chi connectivity index (χ3n) is 3.58. The van der Waals surface area contributed by atoms with E-state index in [-0.39, 0.29) is 5.60 Å². The van der Waals surface area contributed by atoms with E-state index < -0.39 is 0 Å². The molecule has 0 aromatic carbocycles. The number of rotatable bonds is 2. The van der Waals surface area contributed by atoms with Gasteiger partial charge in [0.15, 0.2) is 0 Å². The predicted octanol–water partition coefficient (Wildman–Crippen LogP) is 1.24. The van der Waals surface area contributed by atoms with Gasteiger partial charge >= 0.3 is 0 Å². The van der Waals surface area contributed by atoms with Crippen LogP contribution in [0.3, 0.4) is 0 Å². The zero-order chi connectivity index (χ0) is 8.60. The lowest BCUT2D eigenvalue weighted by molar-refractivity contribution is -0.0513. The molecule has 0 aliphatic carbocycles. The highest BCUT2D eigenvalue weighted by Crippen LogP contribution is 2.38. The van der Waals surface area contributed by atoms with Gasteiger partial charge in [0.1, 0.15) is 0 Å². The highest BCUT2D eigenvalue weighted by molar-refractivity contribution is 4.97. The largest absolute Gasteiger partial charge is 0.390 e. The third-order valence-corrected chi connectivity index (χ3v) is 3.58. The molecular formula is C10H19NO. The molecule has 0 spiro atoms. The fourth-order valence-electron chi connectivity index (χ4n) is 2.79. The number of nitrogens with zero attached hydrogens (tertiary/aromatic N) is 1. The maximum Gasteiger partial charge on any atom is 0.0700 e. The first-order valence-corrected chi connectivity index (χ1v) is 5.19. The van der Waals surface area contributed by atoms with Gasteiger partial charge in [-0.2, -0.15) is 0 Å². The minimum Gasteiger partial charge on any atom is -0.390 e. The minimum absolute atomic E-state index is 0.304. The molecule has 2 bridgehead atoms. The molecule has 2 aliphatic rings. The number of hydrogen-bond acceptors (Lipinski definition) is 2. The van der Waals surface area contributed by atoms with Gasteiger partial charge in [0.25, 0.3) is 0 Å². The van der Waals surface area contributed by atoms with Crippen molar-refractivity contribution in [3.8, 4) is 0 Å². The van der Waals surface area contributed by atoms with E-state index in [2.05, 4.69) is 11.8 Å². The Bertz CT molecular complexity index is 171. The summed E-state index contributed by atoms with van der Waals surface area (Å²) in [6.45, 7) is 5.65. The van der Waals surface area contributed by atoms with Crippen LogP contribution in [0.15, 0.2) is 0 Å². The van der Waals surface area contributed by atoms with Gasteiger partial charge in [0.2, 0.25) is 0 Å². The molecule has 2 aliphatic heterocycles. The topological polar surface area (TPSA) is 23.5 Å². The van der Waals surface area contributed by atoms with Gasteiger partial charge < -0.3 is 10.0 Å². The average molecular weight is 169 g/mol. The van der Waals surface area contributed by atoms with Gasteiger partial charge in [0, 0.05) is 19.0 Å². The Morgan fingerprint density at radius 3 is 3.08 bits per heavy atom. The van der Waals surface area contributed by atoms with Crippen LogP contribution in [0.5, 0.6) is 0 Å². The molecule has 2 saturated heterocycles. The fraction of sp³-hybridized carbons (Fsp3) is 1.00. The summed E-state index contributed by atoms with van der Waals surface area (Å²) in [4.78, 5) is 2.48. The lowest BCUT2D eigenvalue weighted by Crippen LogP contribution is -2.46. The summed E-state index contributed by atoms with van der Waals surface area (Å²) in [6, 6.07) is 0. The predicted molar refractivity (Wildman–Crippen MR) is 49.0 cm³/mol. The smallest absolute Gasteiger partial charge is 0.0700 e. The van der Waals surface area contributed by atoms with Crippen LogP contribution in [-0.2, 0) is 0 Å². The second kappa shape index (κ2) is 3.00. The zero-order valence-corrected chi connectivity index (χ0v) is 7.92. The highest BCUT2D eigenvalue weighted by Gasteiger charge is 2.43. The van der Waals surface area contributed by atoms with Gasteiger partial charge in [-0.05, 0) is 25.8 Å². The van der Waals surface area contributed by atoms with Crippen LogP contribution in [0.2, 0.25) is 0 Å². The molecule has 0 radical (unpaired) electrons. The van der Waals surface area contributed by atoms with E-state index in [1.807, 2.05) is 0 Å². The molecule has 0 amide bonds. The van der Waals surface area contributed by atoms with Crippen molar-refractivity contribution < 1.29 is 5.11 Å². The molecule has 0 aromatic heterocycles. The standard InChI is InChI=1S/C10H19NO/c1-2-4-10(12)5-7-11-6-3-9(10)8-11/h9,12H,2-8H2,1H3. The second-order valence-electron chi connectivity index (χ2n) is 4.39. The average Bonchev–Trinajstić information content (AvgIpc) is 2.45. The molecule has 2 heteroatoms. The molecule has 2 rings (SSSR count). The molecule has 1 N–H and O–H groups in total. The summed E-state index contributed by atoms with van der Waals surface area (Å²) >= 11 is 0. The number of piperidine rings is 1. The molecular weight excluding hydrogens is 150 g/mol. The molecule has 2 nitrogen and oxygen atoms in total. The van der Waals surface area contributed by atoms with Crippen molar-refractivity contribution in [3.05, 3.63) is 0 Å². The second-order valence-corrected chi connectivity index (χ2v) is 4.39. The van der Waals surface area contributed by atoms with E-state index >= 15 is 0 Å². The van der Waals surface area contributed by atoms with Crippen molar-refractivity contribution in [2.75, 3.05) is 19.6 Å². The first-order chi connectivity index (χ1) is 5.74. The molecule has 2 fully saturated rings. The van der Waals surface area contributed by atoms with E-state index in [9.17, 15) is 5.11 Å². The van der Waals surface area contributed by atoms with E-state index in [4.69, 9.17) is 0 Å². The molecule has 12 heavy (non-hydrogen) atoms. The molecule has 3 atom stereocenters. The normalized spacial score (nSPS) is 46.5. The van der Waals surface area contributed by atoms with Gasteiger partial charge in [0.05, 0.1) is 5.60 Å². The summed E-state index contributed by atoms with van der Waals surface area (Å²) in [5, 5.41) is 10.3. The number of fused-ring (bicyclic) bond motifs is 2. The van der Waals surface area contributed by atoms with E-state index in [0.29, 0.717) is 5.92 Å². The summed E-state index contributed by atoms with van der Waals surface area (Å²) in [6.07, 6.45) is 4.35. The molecule has 0 aromatic rings. The lowest BCUT2D eigenvalue weighted by Gasteiger charge is -2.38. The Morgan fingerprint density at radius 1 is 1.50 bits per heavy atom. The Kier molecular flexibility index (Phi) is 2.13. The van der Waals surface area contributed by atoms with Crippen LogP contribution in [0.25, 0.3) is 0 Å². The van der Waals surface area contributed by atoms with Crippen LogP contribution >= 0.6 is 0 Å². The highest BCUT2D eigenvalue weighted by atomic mass is 16.3. The summed E-state index contributed by atoms with van der Waals surface area (Å²) < 4.78 is 0. The molecule has 2 heterocycles. The monoisotopic (exact) mass is 169 g/mol. The van der Waals surface area contributed by atoms with Crippen molar-refractivity contribution in [1.29, 1.82) is 0 Å². The maximum atomic E-state index is 10.3. The number of aliphatic hydroxyl groups is 1. The van der Waals surface area contributed by atoms with Crippen molar-refractivity contribution in [1.82, 2.24) is 4.90 Å². The Labute approximate surface area is 74.6 Å².